The third kappa shape index (κ3) is 3.15. The molecule has 1 aliphatic heterocycles. The first-order chi connectivity index (χ1) is 12.2. The van der Waals surface area contributed by atoms with Crippen molar-refractivity contribution in [2.75, 3.05) is 26.4 Å². The molecular weight excluding hydrogens is 366 g/mol. The third-order valence-corrected chi connectivity index (χ3v) is 4.78. The molecule has 0 unspecified atom stereocenters. The molecule has 2 aromatic carbocycles. The summed E-state index contributed by atoms with van der Waals surface area (Å²) in [6.45, 7) is -0.316. The van der Waals surface area contributed by atoms with Gasteiger partial charge in [0.2, 0.25) is 0 Å². The van der Waals surface area contributed by atoms with Gasteiger partial charge in [0.15, 0.2) is 0 Å². The summed E-state index contributed by atoms with van der Waals surface area (Å²) >= 11 is 0. The van der Waals surface area contributed by atoms with Crippen LogP contribution in [0.5, 0.6) is 5.75 Å². The summed E-state index contributed by atoms with van der Waals surface area (Å²) in [6, 6.07) is 4.47. The summed E-state index contributed by atoms with van der Waals surface area (Å²) in [5, 5.41) is 18.9. The number of phenols is 1. The Balaban J connectivity index is 2.15. The molecule has 2 aromatic rings. The first-order valence-corrected chi connectivity index (χ1v) is 9.01. The van der Waals surface area contributed by atoms with E-state index in [9.17, 15) is 27.7 Å². The number of carbonyl (C=O) groups is 2. The number of nitrogens with zero attached hydrogens (tertiary/aromatic N) is 1. The molecule has 0 aliphatic carbocycles. The van der Waals surface area contributed by atoms with Crippen molar-refractivity contribution in [3.05, 3.63) is 35.4 Å². The van der Waals surface area contributed by atoms with Crippen molar-refractivity contribution < 1.29 is 37.5 Å². The van der Waals surface area contributed by atoms with Gasteiger partial charge in [-0.2, -0.15) is 8.42 Å². The van der Waals surface area contributed by atoms with Crippen LogP contribution in [-0.2, 0) is 14.9 Å². The van der Waals surface area contributed by atoms with Crippen molar-refractivity contribution in [3.63, 3.8) is 0 Å². The number of benzene rings is 2. The maximum atomic E-state index is 12.7. The number of aliphatic hydroxyl groups is 1. The second kappa shape index (κ2) is 6.65. The van der Waals surface area contributed by atoms with Crippen molar-refractivity contribution in [1.29, 1.82) is 0 Å². The van der Waals surface area contributed by atoms with E-state index in [0.717, 1.165) is 17.0 Å². The van der Waals surface area contributed by atoms with Crippen molar-refractivity contribution in [2.24, 2.45) is 0 Å². The van der Waals surface area contributed by atoms with E-state index in [2.05, 4.69) is 0 Å². The van der Waals surface area contributed by atoms with Crippen LogP contribution in [0.2, 0.25) is 0 Å². The number of phenolic OH excluding ortho intramolecular Hbond substituents is 1. The van der Waals surface area contributed by atoms with Crippen LogP contribution in [-0.4, -0.2) is 66.3 Å². The van der Waals surface area contributed by atoms with E-state index in [1.807, 2.05) is 0 Å². The molecule has 0 spiro atoms. The number of hydrogen-bond donors (Lipinski definition) is 3. The number of amides is 2. The normalized spacial score (nSPS) is 14.3. The van der Waals surface area contributed by atoms with Gasteiger partial charge in [-0.25, -0.2) is 0 Å². The lowest BCUT2D eigenvalue weighted by Crippen LogP contribution is -2.42. The highest BCUT2D eigenvalue weighted by Gasteiger charge is 2.34. The average molecular weight is 381 g/mol. The lowest BCUT2D eigenvalue weighted by molar-refractivity contribution is 0.0478. The standard InChI is InChI=1S/C16H15NO8S/c18-2-4-25-3-1-17-15(20)12-7-10(19)5-9-6-11(26(22,23)24)8-13(14(9)12)16(17)21/h5-8,18-19H,1-4H2,(H,22,23,24). The van der Waals surface area contributed by atoms with Crippen LogP contribution in [0.15, 0.2) is 29.2 Å². The molecule has 0 saturated carbocycles. The summed E-state index contributed by atoms with van der Waals surface area (Å²) in [7, 11) is -4.60. The Morgan fingerprint density at radius 2 is 1.65 bits per heavy atom. The highest BCUT2D eigenvalue weighted by Crippen LogP contribution is 2.35. The molecule has 2 amide bonds. The minimum absolute atomic E-state index is 0.0205. The topological polar surface area (TPSA) is 141 Å². The Bertz CT molecular complexity index is 1010. The largest absolute Gasteiger partial charge is 0.508 e. The number of imide groups is 1. The summed E-state index contributed by atoms with van der Waals surface area (Å²) in [6.07, 6.45) is 0. The quantitative estimate of drug-likeness (QED) is 0.371. The molecule has 26 heavy (non-hydrogen) atoms. The second-order valence-electron chi connectivity index (χ2n) is 5.64. The summed E-state index contributed by atoms with van der Waals surface area (Å²) in [5.41, 5.74) is -0.0365. The molecule has 0 fully saturated rings. The van der Waals surface area contributed by atoms with Gasteiger partial charge in [0.25, 0.3) is 21.9 Å². The zero-order chi connectivity index (χ0) is 19.1. The summed E-state index contributed by atoms with van der Waals surface area (Å²) in [5.74, 6) is -1.68. The number of carbonyl (C=O) groups excluding carboxylic acids is 2. The molecule has 10 heteroatoms. The predicted molar refractivity (Wildman–Crippen MR) is 88.7 cm³/mol. The first-order valence-electron chi connectivity index (χ1n) is 7.57. The highest BCUT2D eigenvalue weighted by atomic mass is 32.2. The molecule has 138 valence electrons. The maximum Gasteiger partial charge on any atom is 0.294 e. The monoisotopic (exact) mass is 381 g/mol. The Kier molecular flexibility index (Phi) is 4.67. The SMILES string of the molecule is O=C1c2cc(O)cc3cc(S(=O)(=O)O)cc(c23)C(=O)N1CCOCCO. The number of aliphatic hydroxyl groups excluding tert-OH is 1. The molecular formula is C16H15NO8S. The van der Waals surface area contributed by atoms with Crippen LogP contribution in [0.3, 0.4) is 0 Å². The molecule has 1 aliphatic rings. The molecule has 3 N–H and O–H groups in total. The fourth-order valence-corrected chi connectivity index (χ4v) is 3.41. The molecule has 0 radical (unpaired) electrons. The zero-order valence-corrected chi connectivity index (χ0v) is 14.2. The molecule has 9 nitrogen and oxygen atoms in total. The molecule has 1 heterocycles. The molecule has 0 atom stereocenters. The fraction of sp³-hybridized carbons (Fsp3) is 0.250. The van der Waals surface area contributed by atoms with Crippen LogP contribution in [0, 0.1) is 0 Å². The van der Waals surface area contributed by atoms with Crippen LogP contribution >= 0.6 is 0 Å². The van der Waals surface area contributed by atoms with Gasteiger partial charge in [-0.3, -0.25) is 19.0 Å². The van der Waals surface area contributed by atoms with Crippen molar-refractivity contribution in [3.8, 4) is 5.75 Å². The smallest absolute Gasteiger partial charge is 0.294 e. The van der Waals surface area contributed by atoms with Gasteiger partial charge in [0.1, 0.15) is 5.75 Å². The number of rotatable bonds is 6. The first kappa shape index (κ1) is 18.3. The lowest BCUT2D eigenvalue weighted by Gasteiger charge is -2.27. The van der Waals surface area contributed by atoms with Crippen LogP contribution in [0.25, 0.3) is 10.8 Å². The van der Waals surface area contributed by atoms with Gasteiger partial charge in [0, 0.05) is 5.39 Å². The molecule has 0 saturated heterocycles. The van der Waals surface area contributed by atoms with E-state index in [4.69, 9.17) is 9.84 Å². The minimum Gasteiger partial charge on any atom is -0.508 e. The van der Waals surface area contributed by atoms with Crippen molar-refractivity contribution in [2.45, 2.75) is 4.90 Å². The van der Waals surface area contributed by atoms with Gasteiger partial charge < -0.3 is 14.9 Å². The van der Waals surface area contributed by atoms with Crippen LogP contribution < -0.4 is 0 Å². The minimum atomic E-state index is -4.60. The van der Waals surface area contributed by atoms with E-state index in [-0.39, 0.29) is 54.0 Å². The number of aromatic hydroxyl groups is 1. The second-order valence-corrected chi connectivity index (χ2v) is 7.06. The van der Waals surface area contributed by atoms with Gasteiger partial charge in [-0.05, 0) is 29.7 Å². The van der Waals surface area contributed by atoms with E-state index in [1.165, 1.54) is 12.1 Å². The fourth-order valence-electron chi connectivity index (χ4n) is 2.87. The highest BCUT2D eigenvalue weighted by molar-refractivity contribution is 7.85. The Morgan fingerprint density at radius 3 is 2.27 bits per heavy atom. The van der Waals surface area contributed by atoms with E-state index < -0.39 is 26.8 Å². The number of ether oxygens (including phenoxy) is 1. The van der Waals surface area contributed by atoms with Gasteiger partial charge >= 0.3 is 0 Å². The molecule has 0 bridgehead atoms. The molecule has 0 aromatic heterocycles. The Labute approximate surface area is 148 Å². The number of hydrogen-bond acceptors (Lipinski definition) is 7. The van der Waals surface area contributed by atoms with E-state index in [1.54, 1.807) is 0 Å². The van der Waals surface area contributed by atoms with Crippen molar-refractivity contribution in [1.82, 2.24) is 4.90 Å². The Morgan fingerprint density at radius 1 is 1.00 bits per heavy atom. The summed E-state index contributed by atoms with van der Waals surface area (Å²) < 4.78 is 37.3. The zero-order valence-electron chi connectivity index (χ0n) is 13.4. The lowest BCUT2D eigenvalue weighted by atomic mass is 9.93. The van der Waals surface area contributed by atoms with E-state index >= 15 is 0 Å². The van der Waals surface area contributed by atoms with Crippen LogP contribution in [0.1, 0.15) is 20.7 Å². The van der Waals surface area contributed by atoms with Crippen LogP contribution in [0.4, 0.5) is 0 Å². The average Bonchev–Trinajstić information content (AvgIpc) is 2.57. The van der Waals surface area contributed by atoms with Gasteiger partial charge in [-0.15, -0.1) is 0 Å². The Hall–Kier alpha value is -2.53. The van der Waals surface area contributed by atoms with Gasteiger partial charge in [0.05, 0.1) is 42.4 Å². The van der Waals surface area contributed by atoms with Crippen molar-refractivity contribution >= 4 is 32.7 Å². The molecule has 3 rings (SSSR count). The van der Waals surface area contributed by atoms with E-state index in [0.29, 0.717) is 0 Å². The third-order valence-electron chi connectivity index (χ3n) is 3.95. The summed E-state index contributed by atoms with van der Waals surface area (Å²) in [4.78, 5) is 25.7. The van der Waals surface area contributed by atoms with Gasteiger partial charge in [-0.1, -0.05) is 0 Å². The maximum absolute atomic E-state index is 12.7. The predicted octanol–water partition coefficient (Wildman–Crippen LogP) is 0.397.